The van der Waals surface area contributed by atoms with Gasteiger partial charge in [-0.25, -0.2) is 9.13 Å². The minimum atomic E-state index is -4.94. The number of hydrogen-bond donors (Lipinski definition) is 3. The van der Waals surface area contributed by atoms with E-state index >= 15 is 0 Å². The van der Waals surface area contributed by atoms with Crippen LogP contribution in [0.2, 0.25) is 0 Å². The van der Waals surface area contributed by atoms with E-state index in [1.165, 1.54) is 141 Å². The van der Waals surface area contributed by atoms with Crippen molar-refractivity contribution in [1.29, 1.82) is 0 Å². The molecule has 0 bridgehead atoms. The van der Waals surface area contributed by atoms with Crippen LogP contribution in [0.4, 0.5) is 0 Å². The number of phosphoric ester groups is 2. The Balaban J connectivity index is 5.16. The minimum absolute atomic E-state index is 0.106. The fourth-order valence-electron chi connectivity index (χ4n) is 9.58. The van der Waals surface area contributed by atoms with Gasteiger partial charge in [-0.15, -0.1) is 0 Å². The number of ether oxygens (including phenoxy) is 4. The summed E-state index contributed by atoms with van der Waals surface area (Å²) in [6.07, 6.45) is 42.0. The Morgan fingerprint density at radius 3 is 0.819 bits per heavy atom. The highest BCUT2D eigenvalue weighted by Crippen LogP contribution is 2.45. The molecule has 19 heteroatoms. The van der Waals surface area contributed by atoms with Crippen molar-refractivity contribution in [1.82, 2.24) is 0 Å². The van der Waals surface area contributed by atoms with Gasteiger partial charge < -0.3 is 33.8 Å². The van der Waals surface area contributed by atoms with Crippen LogP contribution in [-0.4, -0.2) is 96.7 Å². The van der Waals surface area contributed by atoms with E-state index in [4.69, 9.17) is 37.0 Å². The van der Waals surface area contributed by atoms with Crippen molar-refractivity contribution < 1.29 is 80.2 Å². The second kappa shape index (κ2) is 57.8. The number of carbonyl (C=O) groups is 4. The molecule has 17 nitrogen and oxygen atoms in total. The summed E-state index contributed by atoms with van der Waals surface area (Å²) in [7, 11) is -9.88. The summed E-state index contributed by atoms with van der Waals surface area (Å²) in [4.78, 5) is 72.0. The van der Waals surface area contributed by atoms with Gasteiger partial charge in [0, 0.05) is 25.7 Å². The molecule has 0 aromatic rings. The topological polar surface area (TPSA) is 237 Å². The van der Waals surface area contributed by atoms with Crippen molar-refractivity contribution in [2.75, 3.05) is 39.6 Å². The molecule has 0 aliphatic rings. The number of aliphatic hydroxyl groups excluding tert-OH is 1. The van der Waals surface area contributed by atoms with Crippen LogP contribution < -0.4 is 0 Å². The largest absolute Gasteiger partial charge is 0.472 e. The van der Waals surface area contributed by atoms with Crippen molar-refractivity contribution in [2.45, 2.75) is 342 Å². The van der Waals surface area contributed by atoms with Crippen LogP contribution in [0.15, 0.2) is 0 Å². The first-order valence-electron chi connectivity index (χ1n) is 33.6. The normalized spacial score (nSPS) is 14.2. The third-order valence-corrected chi connectivity index (χ3v) is 16.7. The molecule has 0 aromatic carbocycles. The smallest absolute Gasteiger partial charge is 0.462 e. The Hall–Kier alpha value is -1.94. The molecule has 0 amide bonds. The molecule has 0 heterocycles. The molecule has 0 rings (SSSR count). The Kier molecular flexibility index (Phi) is 56.4. The number of unbranched alkanes of at least 4 members (excludes halogenated alkanes) is 36. The monoisotopic (exact) mass is 1230 g/mol. The maximum Gasteiger partial charge on any atom is 0.472 e. The third-order valence-electron chi connectivity index (χ3n) is 14.8. The molecule has 0 radical (unpaired) electrons. The molecule has 5 atom stereocenters. The van der Waals surface area contributed by atoms with Gasteiger partial charge in [-0.2, -0.15) is 0 Å². The standard InChI is InChI=1S/C64H124O17P2/c1-6-9-12-15-17-19-21-22-23-24-25-27-29-35-40-45-50-64(69)81-60(54-75-62(67)48-43-38-33-31-30-32-37-41-46-57(4)5)56-79-83(72,73)77-52-58(65)51-76-82(70,71)78-55-59(53-74-61(66)47-42-36-14-11-8-3)80-63(68)49-44-39-34-28-26-20-18-16-13-10-7-2/h57-60,65H,6-56H2,1-5H3,(H,70,71)(H,72,73)/t58-,59+,60+/m0/s1. The lowest BCUT2D eigenvalue weighted by Gasteiger charge is -2.21. The van der Waals surface area contributed by atoms with E-state index in [9.17, 15) is 43.2 Å². The van der Waals surface area contributed by atoms with Gasteiger partial charge in [0.2, 0.25) is 0 Å². The zero-order valence-electron chi connectivity index (χ0n) is 53.3. The maximum absolute atomic E-state index is 13.0. The molecule has 0 aliphatic carbocycles. The quantitative estimate of drug-likeness (QED) is 0.0222. The van der Waals surface area contributed by atoms with Crippen molar-refractivity contribution in [3.8, 4) is 0 Å². The number of carbonyl (C=O) groups excluding carboxylic acids is 4. The van der Waals surface area contributed by atoms with Gasteiger partial charge in [0.05, 0.1) is 26.4 Å². The van der Waals surface area contributed by atoms with Crippen molar-refractivity contribution in [3.63, 3.8) is 0 Å². The van der Waals surface area contributed by atoms with Crippen molar-refractivity contribution >= 4 is 39.5 Å². The second-order valence-corrected chi connectivity index (χ2v) is 26.5. The van der Waals surface area contributed by atoms with E-state index in [0.717, 1.165) is 102 Å². The first-order valence-corrected chi connectivity index (χ1v) is 36.6. The van der Waals surface area contributed by atoms with Crippen LogP contribution in [-0.2, 0) is 65.4 Å². The van der Waals surface area contributed by atoms with Crippen LogP contribution in [0.3, 0.4) is 0 Å². The third kappa shape index (κ3) is 58.8. The second-order valence-electron chi connectivity index (χ2n) is 23.6. The lowest BCUT2D eigenvalue weighted by atomic mass is 10.0. The summed E-state index contributed by atoms with van der Waals surface area (Å²) in [6.45, 7) is 7.08. The molecular formula is C64H124O17P2. The number of phosphoric acid groups is 2. The molecule has 3 N–H and O–H groups in total. The molecule has 0 spiro atoms. The number of aliphatic hydroxyl groups is 1. The molecule has 0 aliphatic heterocycles. The van der Waals surface area contributed by atoms with Gasteiger partial charge in [-0.05, 0) is 31.6 Å². The summed E-state index contributed by atoms with van der Waals surface area (Å²) in [5.74, 6) is -1.42. The first kappa shape index (κ1) is 81.1. The molecule has 492 valence electrons. The van der Waals surface area contributed by atoms with Gasteiger partial charge in [-0.1, -0.05) is 272 Å². The summed E-state index contributed by atoms with van der Waals surface area (Å²) in [5, 5.41) is 10.5. The van der Waals surface area contributed by atoms with Gasteiger partial charge in [0.1, 0.15) is 19.3 Å². The molecule has 0 saturated heterocycles. The fourth-order valence-corrected chi connectivity index (χ4v) is 11.2. The van der Waals surface area contributed by atoms with Crippen LogP contribution >= 0.6 is 15.6 Å². The summed E-state index contributed by atoms with van der Waals surface area (Å²) in [6, 6.07) is 0. The lowest BCUT2D eigenvalue weighted by Crippen LogP contribution is -2.30. The van der Waals surface area contributed by atoms with E-state index in [1.807, 2.05) is 0 Å². The van der Waals surface area contributed by atoms with Gasteiger partial charge in [-0.3, -0.25) is 37.3 Å². The van der Waals surface area contributed by atoms with Crippen molar-refractivity contribution in [2.24, 2.45) is 5.92 Å². The Morgan fingerprint density at radius 1 is 0.325 bits per heavy atom. The molecule has 2 unspecified atom stereocenters. The highest BCUT2D eigenvalue weighted by atomic mass is 31.2. The summed E-state index contributed by atoms with van der Waals surface area (Å²) < 4.78 is 67.8. The molecule has 83 heavy (non-hydrogen) atoms. The zero-order valence-corrected chi connectivity index (χ0v) is 55.1. The fraction of sp³-hybridized carbons (Fsp3) is 0.938. The van der Waals surface area contributed by atoms with Gasteiger partial charge in [0.25, 0.3) is 0 Å². The number of rotatable bonds is 64. The molecule has 0 fully saturated rings. The van der Waals surface area contributed by atoms with Crippen LogP contribution in [0.5, 0.6) is 0 Å². The predicted octanol–water partition coefficient (Wildman–Crippen LogP) is 17.8. The summed E-state index contributed by atoms with van der Waals surface area (Å²) >= 11 is 0. The van der Waals surface area contributed by atoms with E-state index in [-0.39, 0.29) is 25.7 Å². The Bertz CT molecular complexity index is 1620. The molecule has 0 aromatic heterocycles. The average molecular weight is 1230 g/mol. The SMILES string of the molecule is CCCCCCCCCCCCCCCCCCC(=O)O[C@H](COC(=O)CCCCCCCCCCC(C)C)COP(=O)(O)OC[C@@H](O)COP(=O)(O)OC[C@@H](COC(=O)CCCCCCC)OC(=O)CCCCCCCCCCCCC. The zero-order chi connectivity index (χ0) is 61.3. The Morgan fingerprint density at radius 2 is 0.554 bits per heavy atom. The van der Waals surface area contributed by atoms with E-state index in [1.54, 1.807) is 0 Å². The van der Waals surface area contributed by atoms with Crippen LogP contribution in [0.1, 0.15) is 324 Å². The lowest BCUT2D eigenvalue weighted by molar-refractivity contribution is -0.161. The van der Waals surface area contributed by atoms with Crippen LogP contribution in [0.25, 0.3) is 0 Å². The minimum Gasteiger partial charge on any atom is -0.462 e. The Labute approximate surface area is 505 Å². The molecular weight excluding hydrogens is 1100 g/mol. The predicted molar refractivity (Wildman–Crippen MR) is 331 cm³/mol. The van der Waals surface area contributed by atoms with Crippen LogP contribution in [0, 0.1) is 5.92 Å². The molecule has 0 saturated carbocycles. The average Bonchev–Trinajstić information content (AvgIpc) is 3.45. The maximum atomic E-state index is 13.0. The van der Waals surface area contributed by atoms with E-state index in [2.05, 4.69) is 34.6 Å². The van der Waals surface area contributed by atoms with E-state index in [0.29, 0.717) is 25.7 Å². The number of hydrogen-bond acceptors (Lipinski definition) is 15. The highest BCUT2D eigenvalue weighted by Gasteiger charge is 2.30. The highest BCUT2D eigenvalue weighted by molar-refractivity contribution is 7.47. The van der Waals surface area contributed by atoms with Gasteiger partial charge in [0.15, 0.2) is 12.2 Å². The van der Waals surface area contributed by atoms with E-state index < -0.39 is 97.5 Å². The summed E-state index contributed by atoms with van der Waals surface area (Å²) in [5.41, 5.74) is 0. The van der Waals surface area contributed by atoms with Crippen molar-refractivity contribution in [3.05, 3.63) is 0 Å². The van der Waals surface area contributed by atoms with Gasteiger partial charge >= 0.3 is 39.5 Å². The number of esters is 4. The first-order chi connectivity index (χ1) is 40.0.